The minimum Gasteiger partial charge on any atom is -0.506 e. The maximum atomic E-state index is 12.9. The third kappa shape index (κ3) is 2.67. The number of rotatable bonds is 3. The number of phenolic OH excluding ortho intramolecular Hbond substituents is 1. The van der Waals surface area contributed by atoms with Crippen LogP contribution in [-0.2, 0) is 6.42 Å². The van der Waals surface area contributed by atoms with Gasteiger partial charge in [0.2, 0.25) is 0 Å². The Labute approximate surface area is 84.7 Å². The lowest BCUT2D eigenvalue weighted by Gasteiger charge is -2.05. The minimum atomic E-state index is -0.350. The van der Waals surface area contributed by atoms with Crippen LogP contribution in [0.4, 0.5) is 4.39 Å². The molecule has 0 bridgehead atoms. The van der Waals surface area contributed by atoms with E-state index in [-0.39, 0.29) is 11.6 Å². The summed E-state index contributed by atoms with van der Waals surface area (Å²) in [4.78, 5) is 0. The third-order valence-electron chi connectivity index (χ3n) is 1.76. The van der Waals surface area contributed by atoms with Crippen LogP contribution in [0.5, 0.6) is 5.75 Å². The van der Waals surface area contributed by atoms with E-state index in [0.29, 0.717) is 23.0 Å². The maximum Gasteiger partial charge on any atom is 0.133 e. The number of hydrogen-bond donors (Lipinski definition) is 2. The molecule has 1 rings (SSSR count). The van der Waals surface area contributed by atoms with E-state index in [4.69, 9.17) is 5.73 Å². The standard InChI is InChI=1S/C9H11BrFNO/c10-8-5-7(11)4-6(9(8)13)2-1-3-12/h4-5,13H,1-3,12H2. The van der Waals surface area contributed by atoms with Gasteiger partial charge in [0.25, 0.3) is 0 Å². The first-order valence-electron chi connectivity index (χ1n) is 4.02. The Hall–Kier alpha value is -0.610. The zero-order chi connectivity index (χ0) is 9.84. The summed E-state index contributed by atoms with van der Waals surface area (Å²) in [6.07, 6.45) is 1.34. The molecule has 0 aliphatic heterocycles. The van der Waals surface area contributed by atoms with Crippen LogP contribution in [0, 0.1) is 5.82 Å². The lowest BCUT2D eigenvalue weighted by Crippen LogP contribution is -2.00. The molecule has 4 heteroatoms. The van der Waals surface area contributed by atoms with E-state index >= 15 is 0 Å². The molecule has 13 heavy (non-hydrogen) atoms. The van der Waals surface area contributed by atoms with Gasteiger partial charge < -0.3 is 10.8 Å². The van der Waals surface area contributed by atoms with Gasteiger partial charge in [0.05, 0.1) is 4.47 Å². The van der Waals surface area contributed by atoms with Crippen LogP contribution in [0.3, 0.4) is 0 Å². The quantitative estimate of drug-likeness (QED) is 0.861. The Balaban J connectivity index is 2.92. The van der Waals surface area contributed by atoms with Gasteiger partial charge in [-0.15, -0.1) is 0 Å². The molecule has 0 unspecified atom stereocenters. The van der Waals surface area contributed by atoms with Crippen molar-refractivity contribution < 1.29 is 9.50 Å². The van der Waals surface area contributed by atoms with Crippen LogP contribution < -0.4 is 5.73 Å². The molecule has 0 spiro atoms. The number of aromatic hydroxyl groups is 1. The van der Waals surface area contributed by atoms with Crippen LogP contribution in [0.15, 0.2) is 16.6 Å². The Kier molecular flexibility index (Phi) is 3.69. The predicted molar refractivity (Wildman–Crippen MR) is 53.1 cm³/mol. The fraction of sp³-hybridized carbons (Fsp3) is 0.333. The summed E-state index contributed by atoms with van der Waals surface area (Å²) in [5.41, 5.74) is 5.91. The molecule has 0 saturated heterocycles. The van der Waals surface area contributed by atoms with Crippen molar-refractivity contribution in [3.63, 3.8) is 0 Å². The van der Waals surface area contributed by atoms with E-state index in [1.165, 1.54) is 12.1 Å². The summed E-state index contributed by atoms with van der Waals surface area (Å²) in [5, 5.41) is 9.49. The summed E-state index contributed by atoms with van der Waals surface area (Å²) in [6.45, 7) is 0.535. The first-order chi connectivity index (χ1) is 6.15. The van der Waals surface area contributed by atoms with Gasteiger partial charge in [0.15, 0.2) is 0 Å². The Morgan fingerprint density at radius 1 is 1.46 bits per heavy atom. The van der Waals surface area contributed by atoms with Crippen molar-refractivity contribution in [2.75, 3.05) is 6.54 Å². The smallest absolute Gasteiger partial charge is 0.133 e. The zero-order valence-corrected chi connectivity index (χ0v) is 8.64. The summed E-state index contributed by atoms with van der Waals surface area (Å²) < 4.78 is 13.3. The van der Waals surface area contributed by atoms with Crippen LogP contribution in [0.25, 0.3) is 0 Å². The second-order valence-corrected chi connectivity index (χ2v) is 3.64. The molecular weight excluding hydrogens is 237 g/mol. The fourth-order valence-corrected chi connectivity index (χ4v) is 1.58. The van der Waals surface area contributed by atoms with Gasteiger partial charge >= 0.3 is 0 Å². The highest BCUT2D eigenvalue weighted by atomic mass is 79.9. The highest BCUT2D eigenvalue weighted by Gasteiger charge is 2.07. The van der Waals surface area contributed by atoms with Gasteiger partial charge in [-0.3, -0.25) is 0 Å². The van der Waals surface area contributed by atoms with Crippen molar-refractivity contribution in [3.05, 3.63) is 28.0 Å². The molecule has 3 N–H and O–H groups in total. The SMILES string of the molecule is NCCCc1cc(F)cc(Br)c1O. The van der Waals surface area contributed by atoms with E-state index in [9.17, 15) is 9.50 Å². The number of aryl methyl sites for hydroxylation is 1. The van der Waals surface area contributed by atoms with Crippen molar-refractivity contribution in [1.29, 1.82) is 0 Å². The topological polar surface area (TPSA) is 46.2 Å². The maximum absolute atomic E-state index is 12.9. The summed E-state index contributed by atoms with van der Waals surface area (Å²) in [5.74, 6) is -0.244. The number of hydrogen-bond acceptors (Lipinski definition) is 2. The molecular formula is C9H11BrFNO. The minimum absolute atomic E-state index is 0.106. The lowest BCUT2D eigenvalue weighted by molar-refractivity contribution is 0.461. The van der Waals surface area contributed by atoms with E-state index in [0.717, 1.165) is 6.42 Å². The third-order valence-corrected chi connectivity index (χ3v) is 2.36. The number of benzene rings is 1. The van der Waals surface area contributed by atoms with Crippen LogP contribution in [-0.4, -0.2) is 11.7 Å². The summed E-state index contributed by atoms with van der Waals surface area (Å²) in [7, 11) is 0. The Morgan fingerprint density at radius 3 is 2.77 bits per heavy atom. The fourth-order valence-electron chi connectivity index (χ4n) is 1.10. The van der Waals surface area contributed by atoms with Gasteiger partial charge in [0, 0.05) is 0 Å². The average molecular weight is 248 g/mol. The summed E-state index contributed by atoms with van der Waals surface area (Å²) in [6, 6.07) is 2.57. The molecule has 2 nitrogen and oxygen atoms in total. The zero-order valence-electron chi connectivity index (χ0n) is 7.06. The molecule has 0 aliphatic carbocycles. The van der Waals surface area contributed by atoms with Crippen LogP contribution >= 0.6 is 15.9 Å². The molecule has 1 aromatic rings. The van der Waals surface area contributed by atoms with Crippen LogP contribution in [0.1, 0.15) is 12.0 Å². The Morgan fingerprint density at radius 2 is 2.15 bits per heavy atom. The normalized spacial score (nSPS) is 10.4. The molecule has 0 amide bonds. The molecule has 0 heterocycles. The van der Waals surface area contributed by atoms with Crippen LogP contribution in [0.2, 0.25) is 0 Å². The Bertz CT molecular complexity index is 304. The lowest BCUT2D eigenvalue weighted by atomic mass is 10.1. The monoisotopic (exact) mass is 247 g/mol. The second-order valence-electron chi connectivity index (χ2n) is 2.79. The molecule has 0 atom stereocenters. The van der Waals surface area contributed by atoms with E-state index in [2.05, 4.69) is 15.9 Å². The van der Waals surface area contributed by atoms with Crippen molar-refractivity contribution in [1.82, 2.24) is 0 Å². The highest BCUT2D eigenvalue weighted by molar-refractivity contribution is 9.10. The number of phenols is 1. The van der Waals surface area contributed by atoms with E-state index < -0.39 is 0 Å². The van der Waals surface area contributed by atoms with Gasteiger partial charge in [-0.1, -0.05) is 0 Å². The van der Waals surface area contributed by atoms with Gasteiger partial charge in [-0.05, 0) is 53.0 Å². The molecule has 0 aliphatic rings. The predicted octanol–water partition coefficient (Wildman–Crippen LogP) is 2.19. The van der Waals surface area contributed by atoms with E-state index in [1.54, 1.807) is 0 Å². The molecule has 0 radical (unpaired) electrons. The first-order valence-corrected chi connectivity index (χ1v) is 4.81. The van der Waals surface area contributed by atoms with Gasteiger partial charge in [-0.2, -0.15) is 0 Å². The van der Waals surface area contributed by atoms with Gasteiger partial charge in [-0.25, -0.2) is 4.39 Å². The molecule has 0 saturated carbocycles. The van der Waals surface area contributed by atoms with Crippen molar-refractivity contribution in [3.8, 4) is 5.75 Å². The summed E-state index contributed by atoms with van der Waals surface area (Å²) >= 11 is 3.07. The largest absolute Gasteiger partial charge is 0.506 e. The molecule has 0 aromatic heterocycles. The average Bonchev–Trinajstić information content (AvgIpc) is 2.09. The van der Waals surface area contributed by atoms with E-state index in [1.807, 2.05) is 0 Å². The highest BCUT2D eigenvalue weighted by Crippen LogP contribution is 2.29. The molecule has 0 fully saturated rings. The second kappa shape index (κ2) is 4.58. The van der Waals surface area contributed by atoms with Crippen molar-refractivity contribution >= 4 is 15.9 Å². The molecule has 1 aromatic carbocycles. The number of nitrogens with two attached hydrogens (primary N) is 1. The van der Waals surface area contributed by atoms with Gasteiger partial charge in [0.1, 0.15) is 11.6 Å². The van der Waals surface area contributed by atoms with Crippen molar-refractivity contribution in [2.45, 2.75) is 12.8 Å². The number of halogens is 2. The molecule has 72 valence electrons. The first kappa shape index (κ1) is 10.5. The van der Waals surface area contributed by atoms with Crippen molar-refractivity contribution in [2.24, 2.45) is 5.73 Å².